The molecule has 1 aliphatic rings. The van der Waals surface area contributed by atoms with Gasteiger partial charge < -0.3 is 9.64 Å². The lowest BCUT2D eigenvalue weighted by Gasteiger charge is -2.41. The smallest absolute Gasteiger partial charge is 0.183 e. The van der Waals surface area contributed by atoms with Gasteiger partial charge in [0, 0.05) is 37.4 Å². The van der Waals surface area contributed by atoms with Crippen LogP contribution in [0.5, 0.6) is 0 Å². The molecule has 2 rings (SSSR count). The zero-order valence-corrected chi connectivity index (χ0v) is 15.8. The molecule has 1 atom stereocenters. The van der Waals surface area contributed by atoms with Crippen molar-refractivity contribution in [2.24, 2.45) is 0 Å². The normalized spacial score (nSPS) is 17.1. The fourth-order valence-corrected chi connectivity index (χ4v) is 3.43. The predicted molar refractivity (Wildman–Crippen MR) is 109 cm³/mol. The number of rotatable bonds is 10. The Balaban J connectivity index is 2.24. The Morgan fingerprint density at radius 1 is 1.12 bits per heavy atom. The van der Waals surface area contributed by atoms with Crippen LogP contribution in [0.4, 0.5) is 5.69 Å². The molecule has 0 N–H and O–H groups in total. The first-order chi connectivity index (χ1) is 12.6. The molecule has 0 bridgehead atoms. The maximum atomic E-state index is 13.3. The van der Waals surface area contributed by atoms with Gasteiger partial charge in [-0.3, -0.25) is 9.69 Å². The predicted octanol–water partition coefficient (Wildman–Crippen LogP) is 3.71. The average Bonchev–Trinajstić information content (AvgIpc) is 2.68. The van der Waals surface area contributed by atoms with Crippen LogP contribution in [0.15, 0.2) is 62.2 Å². The van der Waals surface area contributed by atoms with Crippen molar-refractivity contribution >= 4 is 11.5 Å². The summed E-state index contributed by atoms with van der Waals surface area (Å²) in [5, 5.41) is 0. The van der Waals surface area contributed by atoms with Crippen molar-refractivity contribution in [1.29, 1.82) is 0 Å². The van der Waals surface area contributed by atoms with E-state index in [2.05, 4.69) is 29.5 Å². The molecule has 4 heteroatoms. The highest BCUT2D eigenvalue weighted by Gasteiger charge is 2.39. The lowest BCUT2D eigenvalue weighted by Crippen LogP contribution is -2.56. The van der Waals surface area contributed by atoms with Crippen molar-refractivity contribution < 1.29 is 9.53 Å². The summed E-state index contributed by atoms with van der Waals surface area (Å²) in [5.41, 5.74) is 1.19. The van der Waals surface area contributed by atoms with Gasteiger partial charge in [0.1, 0.15) is 0 Å². The van der Waals surface area contributed by atoms with Gasteiger partial charge in [-0.05, 0) is 37.6 Å². The van der Waals surface area contributed by atoms with E-state index in [0.717, 1.165) is 37.4 Å². The number of anilines is 1. The molecule has 4 nitrogen and oxygen atoms in total. The summed E-state index contributed by atoms with van der Waals surface area (Å²) in [6.07, 6.45) is 6.18. The van der Waals surface area contributed by atoms with Gasteiger partial charge in [-0.15, -0.1) is 19.7 Å². The molecule has 1 unspecified atom stereocenters. The van der Waals surface area contributed by atoms with Gasteiger partial charge in [-0.25, -0.2) is 0 Å². The van der Waals surface area contributed by atoms with Crippen molar-refractivity contribution in [3.05, 3.63) is 67.8 Å². The van der Waals surface area contributed by atoms with Crippen molar-refractivity contribution in [3.63, 3.8) is 0 Å². The highest BCUT2D eigenvalue weighted by molar-refractivity contribution is 6.03. The zero-order chi connectivity index (χ0) is 19.0. The largest absolute Gasteiger partial charge is 0.379 e. The molecule has 1 aliphatic heterocycles. The summed E-state index contributed by atoms with van der Waals surface area (Å²) in [7, 11) is 0. The molecule has 0 radical (unpaired) electrons. The van der Waals surface area contributed by atoms with E-state index in [1.54, 1.807) is 0 Å². The Kier molecular flexibility index (Phi) is 7.37. The van der Waals surface area contributed by atoms with Crippen molar-refractivity contribution in [2.75, 3.05) is 44.3 Å². The first kappa shape index (κ1) is 20.1. The Labute approximate surface area is 157 Å². The fourth-order valence-electron chi connectivity index (χ4n) is 3.43. The second kappa shape index (κ2) is 9.51. The molecule has 0 saturated carbocycles. The molecule has 26 heavy (non-hydrogen) atoms. The van der Waals surface area contributed by atoms with E-state index in [0.29, 0.717) is 19.6 Å². The standard InChI is InChI=1S/C22H30N2O2/c1-5-12-22(4,24-15-17-26-18-16-24)21(25)19-8-10-20(11-9-19)23(13-6-2)14-7-3/h5-11H,1-3,12-18H2,4H3. The SMILES string of the molecule is C=CCN(CC=C)c1ccc(C(=O)C(C)(CC=C)N2CCOCC2)cc1. The Morgan fingerprint density at radius 2 is 1.69 bits per heavy atom. The minimum absolute atomic E-state index is 0.129. The summed E-state index contributed by atoms with van der Waals surface area (Å²) < 4.78 is 5.45. The summed E-state index contributed by atoms with van der Waals surface area (Å²) in [6, 6.07) is 7.82. The van der Waals surface area contributed by atoms with Crippen LogP contribution in [-0.2, 0) is 4.74 Å². The molecule has 1 saturated heterocycles. The molecule has 0 aliphatic carbocycles. The van der Waals surface area contributed by atoms with Gasteiger partial charge in [0.2, 0.25) is 0 Å². The molecular weight excluding hydrogens is 324 g/mol. The molecule has 140 valence electrons. The van der Waals surface area contributed by atoms with E-state index in [4.69, 9.17) is 4.74 Å². The number of hydrogen-bond acceptors (Lipinski definition) is 4. The number of Topliss-reactive ketones (excluding diaryl/α,β-unsaturated/α-hetero) is 1. The highest BCUT2D eigenvalue weighted by Crippen LogP contribution is 2.27. The van der Waals surface area contributed by atoms with Crippen LogP contribution in [0.2, 0.25) is 0 Å². The molecule has 1 fully saturated rings. The van der Waals surface area contributed by atoms with Crippen LogP contribution in [0.3, 0.4) is 0 Å². The van der Waals surface area contributed by atoms with Gasteiger partial charge >= 0.3 is 0 Å². The van der Waals surface area contributed by atoms with Crippen molar-refractivity contribution in [2.45, 2.75) is 18.9 Å². The molecule has 0 aromatic heterocycles. The van der Waals surface area contributed by atoms with Gasteiger partial charge in [-0.2, -0.15) is 0 Å². The topological polar surface area (TPSA) is 32.8 Å². The number of nitrogens with zero attached hydrogens (tertiary/aromatic N) is 2. The van der Waals surface area contributed by atoms with E-state index in [1.807, 2.05) is 49.4 Å². The van der Waals surface area contributed by atoms with Gasteiger partial charge in [0.15, 0.2) is 5.78 Å². The Bertz CT molecular complexity index is 622. The minimum Gasteiger partial charge on any atom is -0.379 e. The molecular formula is C22H30N2O2. The van der Waals surface area contributed by atoms with Crippen molar-refractivity contribution in [1.82, 2.24) is 4.90 Å². The van der Waals surface area contributed by atoms with Crippen LogP contribution < -0.4 is 4.90 Å². The van der Waals surface area contributed by atoms with E-state index >= 15 is 0 Å². The maximum absolute atomic E-state index is 13.3. The monoisotopic (exact) mass is 354 g/mol. The number of ether oxygens (including phenoxy) is 1. The number of carbonyl (C=O) groups excluding carboxylic acids is 1. The summed E-state index contributed by atoms with van der Waals surface area (Å²) in [4.78, 5) is 17.7. The second-order valence-corrected chi connectivity index (χ2v) is 6.72. The number of benzene rings is 1. The summed E-state index contributed by atoms with van der Waals surface area (Å²) >= 11 is 0. The molecule has 1 aromatic rings. The highest BCUT2D eigenvalue weighted by atomic mass is 16.5. The van der Waals surface area contributed by atoms with Crippen LogP contribution in [0.1, 0.15) is 23.7 Å². The van der Waals surface area contributed by atoms with E-state index in [-0.39, 0.29) is 5.78 Å². The van der Waals surface area contributed by atoms with Gasteiger partial charge in [0.25, 0.3) is 0 Å². The average molecular weight is 354 g/mol. The summed E-state index contributed by atoms with van der Waals surface area (Å²) in [6.45, 7) is 17.8. The number of hydrogen-bond donors (Lipinski definition) is 0. The van der Waals surface area contributed by atoms with E-state index in [9.17, 15) is 4.79 Å². The lowest BCUT2D eigenvalue weighted by molar-refractivity contribution is -0.00871. The molecule has 1 heterocycles. The fraction of sp³-hybridized carbons (Fsp3) is 0.409. The van der Waals surface area contributed by atoms with Crippen LogP contribution >= 0.6 is 0 Å². The second-order valence-electron chi connectivity index (χ2n) is 6.72. The van der Waals surface area contributed by atoms with Crippen LogP contribution in [-0.4, -0.2) is 55.6 Å². The maximum Gasteiger partial charge on any atom is 0.183 e. The number of ketones is 1. The van der Waals surface area contributed by atoms with Gasteiger partial charge in [-0.1, -0.05) is 18.2 Å². The molecule has 0 spiro atoms. The molecule has 1 aromatic carbocycles. The first-order valence-corrected chi connectivity index (χ1v) is 9.12. The minimum atomic E-state index is -0.588. The Morgan fingerprint density at radius 3 is 2.19 bits per heavy atom. The number of morpholine rings is 1. The first-order valence-electron chi connectivity index (χ1n) is 9.12. The number of carbonyl (C=O) groups is 1. The zero-order valence-electron chi connectivity index (χ0n) is 15.8. The van der Waals surface area contributed by atoms with Crippen molar-refractivity contribution in [3.8, 4) is 0 Å². The quantitative estimate of drug-likeness (QED) is 0.474. The van der Waals surface area contributed by atoms with Gasteiger partial charge in [0.05, 0.1) is 18.8 Å². The lowest BCUT2D eigenvalue weighted by atomic mass is 9.85. The van der Waals surface area contributed by atoms with E-state index < -0.39 is 5.54 Å². The summed E-state index contributed by atoms with van der Waals surface area (Å²) in [5.74, 6) is 0.129. The third-order valence-electron chi connectivity index (χ3n) is 4.93. The third-order valence-corrected chi connectivity index (χ3v) is 4.93. The van der Waals surface area contributed by atoms with Crippen LogP contribution in [0.25, 0.3) is 0 Å². The third kappa shape index (κ3) is 4.51. The Hall–Kier alpha value is -2.17. The van der Waals surface area contributed by atoms with Crippen LogP contribution in [0, 0.1) is 0 Å². The molecule has 0 amide bonds. The van der Waals surface area contributed by atoms with E-state index in [1.165, 1.54) is 0 Å².